The average molecular weight is 203 g/mol. The van der Waals surface area contributed by atoms with Crippen LogP contribution in [0.4, 0.5) is 0 Å². The molecule has 1 N–H and O–H groups in total. The Bertz CT molecular complexity index is 493. The minimum atomic E-state index is 0.291. The van der Waals surface area contributed by atoms with Gasteiger partial charge in [-0.3, -0.25) is 5.10 Å². The van der Waals surface area contributed by atoms with Crippen LogP contribution in [0.1, 0.15) is 11.3 Å². The summed E-state index contributed by atoms with van der Waals surface area (Å²) in [4.78, 5) is 2.73. The third-order valence-corrected chi connectivity index (χ3v) is 2.16. The molecule has 6 nitrogen and oxygen atoms in total. The van der Waals surface area contributed by atoms with Crippen LogP contribution in [0.3, 0.4) is 0 Å². The van der Waals surface area contributed by atoms with Crippen LogP contribution in [0, 0.1) is 6.92 Å². The van der Waals surface area contributed by atoms with Crippen LogP contribution in [0.2, 0.25) is 0 Å². The van der Waals surface area contributed by atoms with Crippen molar-refractivity contribution < 1.29 is 4.42 Å². The van der Waals surface area contributed by atoms with E-state index in [1.54, 1.807) is 12.5 Å². The second-order valence-electron chi connectivity index (χ2n) is 3.08. The lowest BCUT2D eigenvalue weighted by atomic mass is 10.1. The molecule has 0 atom stereocenters. The highest BCUT2D eigenvalue weighted by Crippen LogP contribution is 2.24. The van der Waals surface area contributed by atoms with E-state index in [9.17, 15) is 0 Å². The molecular weight excluding hydrogens is 194 g/mol. The average Bonchev–Trinajstić information content (AvgIpc) is 2.84. The number of azide groups is 1. The second kappa shape index (κ2) is 3.89. The predicted octanol–water partition coefficient (Wildman–Crippen LogP) is 2.79. The number of hydrogen-bond acceptors (Lipinski definition) is 3. The van der Waals surface area contributed by atoms with Gasteiger partial charge in [-0.25, -0.2) is 0 Å². The first-order valence-corrected chi connectivity index (χ1v) is 4.40. The summed E-state index contributed by atoms with van der Waals surface area (Å²) >= 11 is 0. The molecule has 76 valence electrons. The van der Waals surface area contributed by atoms with E-state index in [0.717, 1.165) is 22.5 Å². The number of furan rings is 1. The standard InChI is InChI=1S/C9H9N5O/c1-6-8(4-11-14-10)9(13-12-6)7-2-3-15-5-7/h2-3,5H,4H2,1H3,(H,12,13). The molecule has 0 aliphatic rings. The van der Waals surface area contributed by atoms with Gasteiger partial charge in [0.2, 0.25) is 0 Å². The highest BCUT2D eigenvalue weighted by atomic mass is 16.3. The van der Waals surface area contributed by atoms with Gasteiger partial charge in [-0.1, -0.05) is 5.11 Å². The van der Waals surface area contributed by atoms with Crippen LogP contribution in [-0.2, 0) is 6.54 Å². The first kappa shape index (κ1) is 9.36. The summed E-state index contributed by atoms with van der Waals surface area (Å²) in [5.41, 5.74) is 11.7. The van der Waals surface area contributed by atoms with Gasteiger partial charge in [-0.2, -0.15) is 5.10 Å². The number of hydrogen-bond donors (Lipinski definition) is 1. The Morgan fingerprint density at radius 3 is 3.20 bits per heavy atom. The maximum Gasteiger partial charge on any atom is 0.0997 e. The van der Waals surface area contributed by atoms with Crippen molar-refractivity contribution in [3.63, 3.8) is 0 Å². The summed E-state index contributed by atoms with van der Waals surface area (Å²) in [6.07, 6.45) is 3.19. The zero-order valence-corrected chi connectivity index (χ0v) is 8.14. The number of nitrogens with one attached hydrogen (secondary N) is 1. The van der Waals surface area contributed by atoms with Gasteiger partial charge in [-0.15, -0.1) is 0 Å². The van der Waals surface area contributed by atoms with E-state index >= 15 is 0 Å². The molecule has 2 rings (SSSR count). The van der Waals surface area contributed by atoms with Crippen LogP contribution in [-0.4, -0.2) is 10.2 Å². The summed E-state index contributed by atoms with van der Waals surface area (Å²) in [6.45, 7) is 2.18. The summed E-state index contributed by atoms with van der Waals surface area (Å²) in [5, 5.41) is 10.5. The molecule has 0 aliphatic heterocycles. The molecule has 0 fully saturated rings. The van der Waals surface area contributed by atoms with Gasteiger partial charge in [0.25, 0.3) is 0 Å². The number of nitrogens with zero attached hydrogens (tertiary/aromatic N) is 4. The molecule has 6 heteroatoms. The van der Waals surface area contributed by atoms with E-state index in [4.69, 9.17) is 9.95 Å². The Kier molecular flexibility index (Phi) is 2.43. The van der Waals surface area contributed by atoms with E-state index in [-0.39, 0.29) is 0 Å². The normalized spacial score (nSPS) is 9.93. The SMILES string of the molecule is Cc1[nH]nc(-c2ccoc2)c1CN=[N+]=[N-]. The molecule has 0 aromatic carbocycles. The van der Waals surface area contributed by atoms with Gasteiger partial charge < -0.3 is 4.42 Å². The van der Waals surface area contributed by atoms with Crippen LogP contribution >= 0.6 is 0 Å². The number of aromatic amines is 1. The van der Waals surface area contributed by atoms with Crippen molar-refractivity contribution in [3.05, 3.63) is 40.3 Å². The summed E-state index contributed by atoms with van der Waals surface area (Å²) < 4.78 is 4.98. The van der Waals surface area contributed by atoms with Gasteiger partial charge in [0.15, 0.2) is 0 Å². The topological polar surface area (TPSA) is 90.6 Å². The lowest BCUT2D eigenvalue weighted by molar-refractivity contribution is 0.568. The molecule has 0 unspecified atom stereocenters. The smallest absolute Gasteiger partial charge is 0.0997 e. The molecule has 0 saturated carbocycles. The molecule has 0 amide bonds. The van der Waals surface area contributed by atoms with E-state index in [1.165, 1.54) is 0 Å². The minimum Gasteiger partial charge on any atom is -0.472 e. The summed E-state index contributed by atoms with van der Waals surface area (Å²) in [5.74, 6) is 0. The fourth-order valence-corrected chi connectivity index (χ4v) is 1.39. The maximum absolute atomic E-state index is 8.29. The van der Waals surface area contributed by atoms with E-state index in [0.29, 0.717) is 6.54 Å². The van der Waals surface area contributed by atoms with Crippen molar-refractivity contribution in [2.45, 2.75) is 13.5 Å². The molecule has 0 bridgehead atoms. The minimum absolute atomic E-state index is 0.291. The molecule has 0 radical (unpaired) electrons. The van der Waals surface area contributed by atoms with Crippen molar-refractivity contribution in [1.29, 1.82) is 0 Å². The number of H-pyrrole nitrogens is 1. The molecule has 2 aromatic rings. The van der Waals surface area contributed by atoms with E-state index < -0.39 is 0 Å². The van der Waals surface area contributed by atoms with Gasteiger partial charge in [0, 0.05) is 21.7 Å². The largest absolute Gasteiger partial charge is 0.472 e. The van der Waals surface area contributed by atoms with Crippen LogP contribution in [0.25, 0.3) is 21.7 Å². The summed E-state index contributed by atoms with van der Waals surface area (Å²) in [7, 11) is 0. The first-order valence-electron chi connectivity index (χ1n) is 4.40. The third-order valence-electron chi connectivity index (χ3n) is 2.16. The monoisotopic (exact) mass is 203 g/mol. The molecular formula is C9H9N5O. The van der Waals surface area contributed by atoms with Gasteiger partial charge in [0.05, 0.1) is 24.8 Å². The van der Waals surface area contributed by atoms with Crippen molar-refractivity contribution in [2.75, 3.05) is 0 Å². The molecule has 0 saturated heterocycles. The molecule has 0 spiro atoms. The second-order valence-corrected chi connectivity index (χ2v) is 3.08. The van der Waals surface area contributed by atoms with Crippen molar-refractivity contribution >= 4 is 0 Å². The molecule has 2 aromatic heterocycles. The fraction of sp³-hybridized carbons (Fsp3) is 0.222. The fourth-order valence-electron chi connectivity index (χ4n) is 1.39. The van der Waals surface area contributed by atoms with Crippen molar-refractivity contribution in [2.24, 2.45) is 5.11 Å². The zero-order chi connectivity index (χ0) is 10.7. The van der Waals surface area contributed by atoms with Crippen LogP contribution in [0.15, 0.2) is 28.1 Å². The third kappa shape index (κ3) is 1.70. The quantitative estimate of drug-likeness (QED) is 0.472. The van der Waals surface area contributed by atoms with E-state index in [2.05, 4.69) is 20.2 Å². The van der Waals surface area contributed by atoms with Gasteiger partial charge in [-0.05, 0) is 18.5 Å². The number of aromatic nitrogens is 2. The Balaban J connectivity index is 2.44. The van der Waals surface area contributed by atoms with Gasteiger partial charge in [0.1, 0.15) is 0 Å². The first-order chi connectivity index (χ1) is 7.33. The van der Waals surface area contributed by atoms with Crippen molar-refractivity contribution in [1.82, 2.24) is 10.2 Å². The van der Waals surface area contributed by atoms with Crippen LogP contribution in [0.5, 0.6) is 0 Å². The van der Waals surface area contributed by atoms with Gasteiger partial charge >= 0.3 is 0 Å². The van der Waals surface area contributed by atoms with Crippen molar-refractivity contribution in [3.8, 4) is 11.3 Å². The maximum atomic E-state index is 8.29. The predicted molar refractivity (Wildman–Crippen MR) is 53.9 cm³/mol. The molecule has 2 heterocycles. The highest BCUT2D eigenvalue weighted by Gasteiger charge is 2.11. The Morgan fingerprint density at radius 1 is 1.67 bits per heavy atom. The lowest BCUT2D eigenvalue weighted by Crippen LogP contribution is -1.85. The molecule has 0 aliphatic carbocycles. The molecule has 15 heavy (non-hydrogen) atoms. The zero-order valence-electron chi connectivity index (χ0n) is 8.14. The number of rotatable bonds is 3. The Morgan fingerprint density at radius 2 is 2.53 bits per heavy atom. The Hall–Kier alpha value is -2.20. The highest BCUT2D eigenvalue weighted by molar-refractivity contribution is 5.62. The lowest BCUT2D eigenvalue weighted by Gasteiger charge is -1.96. The number of aryl methyl sites for hydroxylation is 1. The Labute approximate surface area is 85.5 Å². The van der Waals surface area contributed by atoms with E-state index in [1.807, 2.05) is 13.0 Å². The summed E-state index contributed by atoms with van der Waals surface area (Å²) in [6, 6.07) is 1.81. The van der Waals surface area contributed by atoms with Crippen LogP contribution < -0.4 is 0 Å².